The molecule has 2 atom stereocenters. The predicted molar refractivity (Wildman–Crippen MR) is 104 cm³/mol. The molecule has 0 radical (unpaired) electrons. The summed E-state index contributed by atoms with van der Waals surface area (Å²) in [5, 5.41) is 20.2. The highest BCUT2D eigenvalue weighted by atomic mass is 19.4. The van der Waals surface area contributed by atoms with E-state index in [1.54, 1.807) is 13.8 Å². The van der Waals surface area contributed by atoms with Crippen molar-refractivity contribution in [3.63, 3.8) is 0 Å². The Bertz CT molecular complexity index is 1270. The van der Waals surface area contributed by atoms with E-state index >= 15 is 0 Å². The van der Waals surface area contributed by atoms with Crippen molar-refractivity contribution in [2.75, 3.05) is 0 Å². The largest absolute Gasteiger partial charge is 0.416 e. The number of rotatable bonds is 5. The highest BCUT2D eigenvalue weighted by molar-refractivity contribution is 5.83. The summed E-state index contributed by atoms with van der Waals surface area (Å²) in [7, 11) is 0. The van der Waals surface area contributed by atoms with Crippen LogP contribution in [0.15, 0.2) is 49.1 Å². The average molecular weight is 451 g/mol. The quantitative estimate of drug-likeness (QED) is 0.458. The second-order valence-corrected chi connectivity index (χ2v) is 7.58. The van der Waals surface area contributed by atoms with Gasteiger partial charge in [-0.25, -0.2) is 18.4 Å². The van der Waals surface area contributed by atoms with Crippen LogP contribution in [0.3, 0.4) is 0 Å². The fourth-order valence-electron chi connectivity index (χ4n) is 3.81. The van der Waals surface area contributed by atoms with E-state index in [1.807, 2.05) is 0 Å². The maximum Gasteiger partial charge on any atom is 0.416 e. The fourth-order valence-corrected chi connectivity index (χ4v) is 3.81. The lowest BCUT2D eigenvalue weighted by Crippen LogP contribution is -2.41. The van der Waals surface area contributed by atoms with Crippen molar-refractivity contribution in [2.24, 2.45) is 0 Å². The molecule has 2 heterocycles. The molecule has 32 heavy (non-hydrogen) atoms. The summed E-state index contributed by atoms with van der Waals surface area (Å²) in [6, 6.07) is 4.96. The number of aliphatic hydroxyl groups is 1. The van der Waals surface area contributed by atoms with Crippen molar-refractivity contribution in [1.82, 2.24) is 24.5 Å². The number of aryl methyl sites for hydroxylation is 1. The van der Waals surface area contributed by atoms with Crippen LogP contribution < -0.4 is 0 Å². The van der Waals surface area contributed by atoms with Crippen molar-refractivity contribution < 1.29 is 27.1 Å². The van der Waals surface area contributed by atoms with Gasteiger partial charge in [-0.3, -0.25) is 4.68 Å². The van der Waals surface area contributed by atoms with Gasteiger partial charge in [-0.2, -0.15) is 23.4 Å². The number of hydrogen-bond acceptors (Lipinski definition) is 4. The minimum atomic E-state index is -4.53. The summed E-state index contributed by atoms with van der Waals surface area (Å²) in [5.74, 6) is -1.80. The molecular weight excluding hydrogens is 433 g/mol. The molecule has 0 aliphatic carbocycles. The SMILES string of the molecule is Cc1nn([C@H](C)[C@](O)(Cn2cncn2)c2ccc(F)cc2F)c2ccc(C(F)(F)F)cc12. The third-order valence-electron chi connectivity index (χ3n) is 5.54. The maximum absolute atomic E-state index is 14.8. The summed E-state index contributed by atoms with van der Waals surface area (Å²) < 4.78 is 70.4. The van der Waals surface area contributed by atoms with E-state index in [0.29, 0.717) is 17.3 Å². The van der Waals surface area contributed by atoms with Crippen molar-refractivity contribution >= 4 is 10.9 Å². The van der Waals surface area contributed by atoms with Gasteiger partial charge in [-0.05, 0) is 38.1 Å². The first-order valence-electron chi connectivity index (χ1n) is 9.57. The van der Waals surface area contributed by atoms with Gasteiger partial charge in [0.05, 0.1) is 29.4 Å². The van der Waals surface area contributed by atoms with Gasteiger partial charge < -0.3 is 5.11 Å². The predicted octanol–water partition coefficient (Wildman–Crippen LogP) is 4.38. The van der Waals surface area contributed by atoms with Gasteiger partial charge >= 0.3 is 6.18 Å². The van der Waals surface area contributed by atoms with Gasteiger partial charge in [0.15, 0.2) is 0 Å². The van der Waals surface area contributed by atoms with Crippen LogP contribution in [0.5, 0.6) is 0 Å². The van der Waals surface area contributed by atoms with Crippen molar-refractivity contribution in [1.29, 1.82) is 0 Å². The first-order valence-corrected chi connectivity index (χ1v) is 9.57. The van der Waals surface area contributed by atoms with Gasteiger partial charge in [-0.15, -0.1) is 0 Å². The van der Waals surface area contributed by atoms with E-state index in [4.69, 9.17) is 0 Å². The van der Waals surface area contributed by atoms with Crippen LogP contribution in [0, 0.1) is 18.6 Å². The van der Waals surface area contributed by atoms with Gasteiger partial charge in [0.2, 0.25) is 0 Å². The Morgan fingerprint density at radius 1 is 1.09 bits per heavy atom. The van der Waals surface area contributed by atoms with Crippen molar-refractivity contribution in [3.05, 3.63) is 77.5 Å². The van der Waals surface area contributed by atoms with E-state index in [1.165, 1.54) is 28.1 Å². The molecule has 2 aromatic carbocycles. The first kappa shape index (κ1) is 21.9. The zero-order valence-corrected chi connectivity index (χ0v) is 17.0. The monoisotopic (exact) mass is 451 g/mol. The number of halogens is 5. The molecule has 168 valence electrons. The summed E-state index contributed by atoms with van der Waals surface area (Å²) in [6.07, 6.45) is -1.97. The highest BCUT2D eigenvalue weighted by Crippen LogP contribution is 2.39. The molecule has 0 amide bonds. The molecule has 0 saturated carbocycles. The molecule has 4 rings (SSSR count). The number of aromatic nitrogens is 5. The number of hydrogen-bond donors (Lipinski definition) is 1. The topological polar surface area (TPSA) is 68.8 Å². The zero-order valence-electron chi connectivity index (χ0n) is 17.0. The van der Waals surface area contributed by atoms with Crippen LogP contribution in [0.2, 0.25) is 0 Å². The normalized spacial score (nSPS) is 15.1. The van der Waals surface area contributed by atoms with Gasteiger partial charge in [-0.1, -0.05) is 6.07 Å². The van der Waals surface area contributed by atoms with Crippen LogP contribution in [0.4, 0.5) is 22.0 Å². The third kappa shape index (κ3) is 3.72. The van der Waals surface area contributed by atoms with Gasteiger partial charge in [0.1, 0.15) is 29.9 Å². The van der Waals surface area contributed by atoms with E-state index < -0.39 is 35.0 Å². The van der Waals surface area contributed by atoms with Crippen LogP contribution in [0.25, 0.3) is 10.9 Å². The van der Waals surface area contributed by atoms with E-state index in [2.05, 4.69) is 15.2 Å². The Morgan fingerprint density at radius 2 is 1.84 bits per heavy atom. The molecule has 2 aromatic heterocycles. The summed E-state index contributed by atoms with van der Waals surface area (Å²) in [5.41, 5.74) is -2.42. The lowest BCUT2D eigenvalue weighted by molar-refractivity contribution is -0.137. The van der Waals surface area contributed by atoms with Crippen LogP contribution in [0.1, 0.15) is 29.8 Å². The summed E-state index contributed by atoms with van der Waals surface area (Å²) in [4.78, 5) is 3.81. The summed E-state index contributed by atoms with van der Waals surface area (Å²) in [6.45, 7) is 2.82. The molecule has 0 saturated heterocycles. The van der Waals surface area contributed by atoms with Crippen LogP contribution in [-0.2, 0) is 18.3 Å². The molecule has 6 nitrogen and oxygen atoms in total. The fraction of sp³-hybridized carbons (Fsp3) is 0.286. The molecule has 0 unspecified atom stereocenters. The van der Waals surface area contributed by atoms with Crippen molar-refractivity contribution in [2.45, 2.75) is 38.2 Å². The Morgan fingerprint density at radius 3 is 2.47 bits per heavy atom. The maximum atomic E-state index is 14.8. The van der Waals surface area contributed by atoms with Crippen LogP contribution in [-0.4, -0.2) is 29.7 Å². The average Bonchev–Trinajstić information content (AvgIpc) is 3.34. The molecule has 0 spiro atoms. The molecule has 0 fully saturated rings. The molecule has 0 aliphatic rings. The van der Waals surface area contributed by atoms with Crippen LogP contribution >= 0.6 is 0 Å². The number of nitrogens with zero attached hydrogens (tertiary/aromatic N) is 5. The third-order valence-corrected chi connectivity index (χ3v) is 5.54. The molecule has 11 heteroatoms. The Labute approximate surface area is 178 Å². The lowest BCUT2D eigenvalue weighted by Gasteiger charge is -2.35. The number of alkyl halides is 3. The molecule has 0 aliphatic heterocycles. The van der Waals surface area contributed by atoms with E-state index in [0.717, 1.165) is 24.3 Å². The smallest absolute Gasteiger partial charge is 0.381 e. The second kappa shape index (κ2) is 7.66. The van der Waals surface area contributed by atoms with Gasteiger partial charge in [0.25, 0.3) is 0 Å². The Balaban J connectivity index is 1.87. The highest BCUT2D eigenvalue weighted by Gasteiger charge is 2.41. The summed E-state index contributed by atoms with van der Waals surface area (Å²) >= 11 is 0. The molecule has 4 aromatic rings. The molecule has 0 bridgehead atoms. The number of benzene rings is 2. The van der Waals surface area contributed by atoms with E-state index in [9.17, 15) is 27.1 Å². The molecular formula is C21H18F5N5O. The zero-order chi connectivity index (χ0) is 23.3. The first-order chi connectivity index (χ1) is 15.0. The minimum Gasteiger partial charge on any atom is -0.381 e. The Hall–Kier alpha value is -3.34. The Kier molecular flexibility index (Phi) is 5.24. The minimum absolute atomic E-state index is 0.213. The second-order valence-electron chi connectivity index (χ2n) is 7.58. The lowest BCUT2D eigenvalue weighted by atomic mass is 9.86. The standard InChI is InChI=1S/C21H18F5N5O/c1-12-16-7-14(21(24,25)26)3-6-19(16)31(29-12)13(2)20(32,9-30-11-27-10-28-30)17-5-4-15(22)8-18(17)23/h3-8,10-11,13,32H,9H2,1-2H3/t13-,20-/m1/s1. The van der Waals surface area contributed by atoms with Crippen molar-refractivity contribution in [3.8, 4) is 0 Å². The number of fused-ring (bicyclic) bond motifs is 1. The van der Waals surface area contributed by atoms with E-state index in [-0.39, 0.29) is 17.5 Å². The molecule has 1 N–H and O–H groups in total. The van der Waals surface area contributed by atoms with Gasteiger partial charge in [0, 0.05) is 17.0 Å².